The third-order valence-corrected chi connectivity index (χ3v) is 5.05. The summed E-state index contributed by atoms with van der Waals surface area (Å²) >= 11 is 0. The predicted octanol–water partition coefficient (Wildman–Crippen LogP) is 1.27. The largest absolute Gasteiger partial charge is 0.474 e. The molecule has 0 radical (unpaired) electrons. The molecule has 6 nitrogen and oxygen atoms in total. The Labute approximate surface area is 113 Å². The second kappa shape index (κ2) is 5.65. The number of piperidine rings is 3. The van der Waals surface area contributed by atoms with Crippen LogP contribution in [0.3, 0.4) is 0 Å². The summed E-state index contributed by atoms with van der Waals surface area (Å²) in [6.07, 6.45) is 5.78. The third-order valence-electron chi connectivity index (χ3n) is 3.71. The summed E-state index contributed by atoms with van der Waals surface area (Å²) in [5.74, 6) is 0.901. The van der Waals surface area contributed by atoms with Crippen LogP contribution < -0.4 is 0 Å². The molecule has 0 aromatic heterocycles. The van der Waals surface area contributed by atoms with Crippen LogP contribution in [-0.4, -0.2) is 53.3 Å². The van der Waals surface area contributed by atoms with Gasteiger partial charge in [0, 0.05) is 20.4 Å². The highest BCUT2D eigenvalue weighted by Gasteiger charge is 2.35. The average Bonchev–Trinajstić information content (AvgIpc) is 2.38. The van der Waals surface area contributed by atoms with E-state index < -0.39 is 12.9 Å². The Morgan fingerprint density at radius 1 is 1.42 bits per heavy atom. The molecule has 0 aromatic carbocycles. The summed E-state index contributed by atoms with van der Waals surface area (Å²) < 4.78 is 10.6. The van der Waals surface area contributed by atoms with Gasteiger partial charge in [0.05, 0.1) is 0 Å². The molecule has 0 aromatic rings. The van der Waals surface area contributed by atoms with Gasteiger partial charge in [-0.25, -0.2) is 0 Å². The van der Waals surface area contributed by atoms with E-state index in [1.807, 2.05) is 0 Å². The molecular formula is C12H21N2O4P. The molecule has 3 fully saturated rings. The number of carbonyl (C=O) groups excluding carboxylic acids is 1. The van der Waals surface area contributed by atoms with Gasteiger partial charge in [-0.1, -0.05) is 0 Å². The van der Waals surface area contributed by atoms with E-state index >= 15 is 0 Å². The van der Waals surface area contributed by atoms with Crippen molar-refractivity contribution in [2.45, 2.75) is 32.8 Å². The number of ether oxygens (including phenoxy) is 1. The predicted molar refractivity (Wildman–Crippen MR) is 75.2 cm³/mol. The van der Waals surface area contributed by atoms with Crippen LogP contribution >= 0.6 is 7.34 Å². The lowest BCUT2D eigenvalue weighted by Crippen LogP contribution is -2.51. The topological polar surface area (TPSA) is 71.4 Å². The smallest absolute Gasteiger partial charge is 0.258 e. The van der Waals surface area contributed by atoms with E-state index in [1.54, 1.807) is 6.92 Å². The summed E-state index contributed by atoms with van der Waals surface area (Å²) in [6.45, 7) is 6.10. The molecule has 3 aliphatic heterocycles. The van der Waals surface area contributed by atoms with Crippen molar-refractivity contribution in [1.82, 2.24) is 4.90 Å². The minimum atomic E-state index is -3.30. The van der Waals surface area contributed by atoms with Crippen molar-refractivity contribution in [3.8, 4) is 0 Å². The fourth-order valence-corrected chi connectivity index (χ4v) is 2.83. The Hall–Kier alpha value is -0.840. The molecular weight excluding hydrogens is 267 g/mol. The van der Waals surface area contributed by atoms with Crippen molar-refractivity contribution in [1.29, 1.82) is 0 Å². The monoisotopic (exact) mass is 288 g/mol. The van der Waals surface area contributed by atoms with Crippen LogP contribution in [0.2, 0.25) is 0 Å². The summed E-state index contributed by atoms with van der Waals surface area (Å²) in [6, 6.07) is 0. The minimum Gasteiger partial charge on any atom is -0.474 e. The average molecular weight is 288 g/mol. The van der Waals surface area contributed by atoms with E-state index in [0.717, 1.165) is 32.5 Å². The van der Waals surface area contributed by atoms with E-state index in [2.05, 4.69) is 16.4 Å². The van der Waals surface area contributed by atoms with Gasteiger partial charge in [-0.3, -0.25) is 9.69 Å². The lowest BCUT2D eigenvalue weighted by molar-refractivity contribution is -0.111. The normalized spacial score (nSPS) is 33.6. The number of nitrogens with zero attached hydrogens (tertiary/aromatic N) is 2. The Kier molecular flexibility index (Phi) is 4.33. The zero-order valence-corrected chi connectivity index (χ0v) is 12.3. The number of hydrogen-bond donors (Lipinski definition) is 1. The third kappa shape index (κ3) is 3.59. The van der Waals surface area contributed by atoms with Crippen LogP contribution in [0.4, 0.5) is 0 Å². The molecule has 2 atom stereocenters. The highest BCUT2D eigenvalue weighted by molar-refractivity contribution is 7.79. The first-order valence-electron chi connectivity index (χ1n) is 6.48. The number of carbonyl (C=O) groups is 1. The van der Waals surface area contributed by atoms with Crippen LogP contribution in [-0.2, 0) is 14.2 Å². The standard InChI is InChI=1S/C12H21N2O4P/c1-9(13-18-19(3,16)10(2)15)17-12-8-14-6-4-11(12)5-7-14/h11-12,16H,3-8H2,1-2H3. The SMILES string of the molecule is C=P(O)(ON=C(C)OC1CN2CCC1CC2)C(C)=O. The van der Waals surface area contributed by atoms with E-state index in [4.69, 9.17) is 9.36 Å². The van der Waals surface area contributed by atoms with Crippen LogP contribution in [0.5, 0.6) is 0 Å². The Balaban J connectivity index is 1.89. The molecule has 2 unspecified atom stereocenters. The van der Waals surface area contributed by atoms with Crippen LogP contribution in [0, 0.1) is 5.92 Å². The molecule has 108 valence electrons. The molecule has 2 bridgehead atoms. The lowest BCUT2D eigenvalue weighted by atomic mass is 9.86. The zero-order valence-electron chi connectivity index (χ0n) is 11.4. The van der Waals surface area contributed by atoms with Crippen molar-refractivity contribution < 1.29 is 19.0 Å². The molecule has 3 aliphatic rings. The Morgan fingerprint density at radius 2 is 2.05 bits per heavy atom. The van der Waals surface area contributed by atoms with Crippen molar-refractivity contribution >= 4 is 25.1 Å². The summed E-state index contributed by atoms with van der Waals surface area (Å²) in [7, 11) is -3.30. The molecule has 3 rings (SSSR count). The number of oxime groups is 1. The zero-order chi connectivity index (χ0) is 14.0. The van der Waals surface area contributed by atoms with Gasteiger partial charge in [0.15, 0.2) is 0 Å². The van der Waals surface area contributed by atoms with E-state index in [-0.39, 0.29) is 6.10 Å². The number of fused-ring (bicyclic) bond motifs is 3. The fourth-order valence-electron chi connectivity index (χ4n) is 2.47. The highest BCUT2D eigenvalue weighted by Crippen LogP contribution is 2.42. The van der Waals surface area contributed by atoms with Gasteiger partial charge < -0.3 is 14.3 Å². The Morgan fingerprint density at radius 3 is 2.53 bits per heavy atom. The van der Waals surface area contributed by atoms with Crippen molar-refractivity contribution in [3.05, 3.63) is 0 Å². The first-order chi connectivity index (χ1) is 8.88. The highest BCUT2D eigenvalue weighted by atomic mass is 31.2. The first-order valence-corrected chi connectivity index (χ1v) is 8.32. The van der Waals surface area contributed by atoms with E-state index in [9.17, 15) is 9.69 Å². The Bertz CT molecular complexity index is 429. The molecule has 0 saturated carbocycles. The van der Waals surface area contributed by atoms with Crippen LogP contribution in [0.1, 0.15) is 26.7 Å². The van der Waals surface area contributed by atoms with Crippen molar-refractivity contribution in [3.63, 3.8) is 0 Å². The van der Waals surface area contributed by atoms with E-state index in [0.29, 0.717) is 11.8 Å². The second-order valence-electron chi connectivity index (χ2n) is 5.21. The first kappa shape index (κ1) is 14.6. The molecule has 0 spiro atoms. The van der Waals surface area contributed by atoms with Crippen molar-refractivity contribution in [2.75, 3.05) is 19.6 Å². The lowest BCUT2D eigenvalue weighted by Gasteiger charge is -2.44. The summed E-state index contributed by atoms with van der Waals surface area (Å²) in [4.78, 5) is 23.1. The molecule has 1 N–H and O–H groups in total. The van der Waals surface area contributed by atoms with Crippen molar-refractivity contribution in [2.24, 2.45) is 11.1 Å². The van der Waals surface area contributed by atoms with Gasteiger partial charge in [0.2, 0.25) is 11.4 Å². The second-order valence-corrected chi connectivity index (χ2v) is 7.40. The van der Waals surface area contributed by atoms with Gasteiger partial charge >= 0.3 is 0 Å². The maximum absolute atomic E-state index is 11.1. The molecule has 0 amide bonds. The van der Waals surface area contributed by atoms with Crippen LogP contribution in [0.25, 0.3) is 0 Å². The van der Waals surface area contributed by atoms with E-state index in [1.165, 1.54) is 6.92 Å². The van der Waals surface area contributed by atoms with Gasteiger partial charge in [-0.15, -0.1) is 0 Å². The number of rotatable bonds is 4. The molecule has 19 heavy (non-hydrogen) atoms. The van der Waals surface area contributed by atoms with Gasteiger partial charge in [-0.05, 0) is 43.3 Å². The summed E-state index contributed by atoms with van der Waals surface area (Å²) in [5, 5.41) is 3.69. The fraction of sp³-hybridized carbons (Fsp3) is 0.750. The molecule has 3 saturated heterocycles. The maximum Gasteiger partial charge on any atom is 0.258 e. The molecule has 0 aliphatic carbocycles. The van der Waals surface area contributed by atoms with Gasteiger partial charge in [0.1, 0.15) is 6.10 Å². The molecule has 3 heterocycles. The summed E-state index contributed by atoms with van der Waals surface area (Å²) in [5.41, 5.74) is -0.494. The van der Waals surface area contributed by atoms with Gasteiger partial charge in [-0.2, -0.15) is 0 Å². The van der Waals surface area contributed by atoms with Crippen LogP contribution in [0.15, 0.2) is 5.16 Å². The van der Waals surface area contributed by atoms with Gasteiger partial charge in [0.25, 0.3) is 7.34 Å². The number of hydrogen-bond acceptors (Lipinski definition) is 6. The quantitative estimate of drug-likeness (QED) is 0.365. The minimum absolute atomic E-state index is 0.128. The maximum atomic E-state index is 11.1. The molecule has 7 heteroatoms.